The summed E-state index contributed by atoms with van der Waals surface area (Å²) in [6.07, 6.45) is 5.04. The van der Waals surface area contributed by atoms with Crippen molar-refractivity contribution in [1.82, 2.24) is 10.6 Å². The van der Waals surface area contributed by atoms with Crippen molar-refractivity contribution in [3.63, 3.8) is 0 Å². The van der Waals surface area contributed by atoms with Gasteiger partial charge in [0.25, 0.3) is 0 Å². The van der Waals surface area contributed by atoms with Gasteiger partial charge in [-0.25, -0.2) is 0 Å². The number of carbonyl (C=O) groups excluding carboxylic acids is 1. The van der Waals surface area contributed by atoms with Gasteiger partial charge in [-0.05, 0) is 25.0 Å². The summed E-state index contributed by atoms with van der Waals surface area (Å²) in [4.78, 5) is 12.9. The molecule has 1 aliphatic carbocycles. The molecule has 2 N–H and O–H groups in total. The van der Waals surface area contributed by atoms with Crippen LogP contribution in [0.15, 0.2) is 35.2 Å². The summed E-state index contributed by atoms with van der Waals surface area (Å²) in [5, 5.41) is 6.28. The van der Waals surface area contributed by atoms with Crippen molar-refractivity contribution in [2.45, 2.75) is 36.6 Å². The molecule has 0 unspecified atom stereocenters. The van der Waals surface area contributed by atoms with E-state index >= 15 is 0 Å². The molecule has 0 spiro atoms. The first-order valence-corrected chi connectivity index (χ1v) is 8.01. The fraction of sp³-hybridized carbons (Fsp3) is 0.533. The van der Waals surface area contributed by atoms with E-state index in [1.807, 2.05) is 18.2 Å². The van der Waals surface area contributed by atoms with Gasteiger partial charge in [0, 0.05) is 23.2 Å². The Kier molecular flexibility index (Phi) is 6.24. The van der Waals surface area contributed by atoms with Crippen LogP contribution in [0.4, 0.5) is 0 Å². The lowest BCUT2D eigenvalue weighted by molar-refractivity contribution is -0.120. The lowest BCUT2D eigenvalue weighted by atomic mass is 10.2. The van der Waals surface area contributed by atoms with Gasteiger partial charge >= 0.3 is 0 Å². The van der Waals surface area contributed by atoms with Gasteiger partial charge in [-0.3, -0.25) is 4.79 Å². The number of carbonyl (C=O) groups is 1. The number of hydrogen-bond donors (Lipinski definition) is 2. The topological polar surface area (TPSA) is 41.1 Å². The molecule has 19 heavy (non-hydrogen) atoms. The number of amides is 1. The van der Waals surface area contributed by atoms with Crippen LogP contribution in [0.25, 0.3) is 0 Å². The Morgan fingerprint density at radius 2 is 1.95 bits per heavy atom. The molecule has 1 aliphatic rings. The SMILES string of the molecule is O=C(CNC1CCCC1)NCCSc1ccccc1. The first-order chi connectivity index (χ1) is 9.34. The molecular formula is C15H22N2OS. The van der Waals surface area contributed by atoms with Crippen molar-refractivity contribution >= 4 is 17.7 Å². The quantitative estimate of drug-likeness (QED) is 0.594. The molecule has 0 heterocycles. The number of rotatable bonds is 7. The minimum Gasteiger partial charge on any atom is -0.354 e. The highest BCUT2D eigenvalue weighted by atomic mass is 32.2. The summed E-state index contributed by atoms with van der Waals surface area (Å²) in [7, 11) is 0. The van der Waals surface area contributed by atoms with Crippen LogP contribution in [-0.4, -0.2) is 30.8 Å². The lowest BCUT2D eigenvalue weighted by Crippen LogP contribution is -2.38. The van der Waals surface area contributed by atoms with Crippen LogP contribution in [0, 0.1) is 0 Å². The van der Waals surface area contributed by atoms with Crippen LogP contribution < -0.4 is 10.6 Å². The Labute approximate surface area is 119 Å². The zero-order valence-corrected chi connectivity index (χ0v) is 12.0. The van der Waals surface area contributed by atoms with E-state index in [2.05, 4.69) is 22.8 Å². The highest BCUT2D eigenvalue weighted by Crippen LogP contribution is 2.17. The first-order valence-electron chi connectivity index (χ1n) is 7.02. The van der Waals surface area contributed by atoms with Gasteiger partial charge in [0.15, 0.2) is 0 Å². The van der Waals surface area contributed by atoms with Gasteiger partial charge in [-0.15, -0.1) is 11.8 Å². The molecule has 2 rings (SSSR count). The molecule has 1 aromatic rings. The van der Waals surface area contributed by atoms with Crippen LogP contribution >= 0.6 is 11.8 Å². The van der Waals surface area contributed by atoms with Crippen LogP contribution in [0.1, 0.15) is 25.7 Å². The minimum absolute atomic E-state index is 0.112. The summed E-state index contributed by atoms with van der Waals surface area (Å²) < 4.78 is 0. The van der Waals surface area contributed by atoms with Gasteiger partial charge in [0.1, 0.15) is 0 Å². The smallest absolute Gasteiger partial charge is 0.233 e. The second-order valence-electron chi connectivity index (χ2n) is 4.87. The van der Waals surface area contributed by atoms with Crippen LogP contribution in [0.2, 0.25) is 0 Å². The Morgan fingerprint density at radius 3 is 2.68 bits per heavy atom. The molecule has 1 amide bonds. The molecule has 0 atom stereocenters. The van der Waals surface area contributed by atoms with Crippen LogP contribution in [0.3, 0.4) is 0 Å². The summed E-state index contributed by atoms with van der Waals surface area (Å²) in [6.45, 7) is 1.19. The monoisotopic (exact) mass is 278 g/mol. The number of benzene rings is 1. The van der Waals surface area contributed by atoms with Crippen LogP contribution in [0.5, 0.6) is 0 Å². The maximum atomic E-state index is 11.6. The zero-order chi connectivity index (χ0) is 13.3. The molecule has 0 aliphatic heterocycles. The molecule has 3 nitrogen and oxygen atoms in total. The van der Waals surface area contributed by atoms with E-state index in [1.165, 1.54) is 30.6 Å². The number of hydrogen-bond acceptors (Lipinski definition) is 3. The predicted molar refractivity (Wildman–Crippen MR) is 80.4 cm³/mol. The maximum absolute atomic E-state index is 11.6. The molecule has 1 fully saturated rings. The minimum atomic E-state index is 0.112. The van der Waals surface area contributed by atoms with E-state index in [9.17, 15) is 4.79 Å². The highest BCUT2D eigenvalue weighted by Gasteiger charge is 2.14. The molecule has 0 saturated heterocycles. The van der Waals surface area contributed by atoms with Crippen molar-refractivity contribution in [1.29, 1.82) is 0 Å². The Morgan fingerprint density at radius 1 is 1.21 bits per heavy atom. The van der Waals surface area contributed by atoms with E-state index in [-0.39, 0.29) is 5.91 Å². The summed E-state index contributed by atoms with van der Waals surface area (Å²) in [6, 6.07) is 10.8. The fourth-order valence-electron chi connectivity index (χ4n) is 2.31. The molecule has 1 aromatic carbocycles. The van der Waals surface area contributed by atoms with Gasteiger partial charge in [0.05, 0.1) is 6.54 Å². The second-order valence-corrected chi connectivity index (χ2v) is 6.04. The third-order valence-corrected chi connectivity index (χ3v) is 4.36. The Hall–Kier alpha value is -1.00. The van der Waals surface area contributed by atoms with Crippen molar-refractivity contribution in [3.05, 3.63) is 30.3 Å². The number of nitrogens with one attached hydrogen (secondary N) is 2. The largest absolute Gasteiger partial charge is 0.354 e. The molecular weight excluding hydrogens is 256 g/mol. The summed E-state index contributed by atoms with van der Waals surface area (Å²) in [5.41, 5.74) is 0. The van der Waals surface area contributed by atoms with E-state index in [0.29, 0.717) is 12.6 Å². The first kappa shape index (κ1) is 14.4. The molecule has 104 valence electrons. The highest BCUT2D eigenvalue weighted by molar-refractivity contribution is 7.99. The third kappa shape index (κ3) is 5.66. The second kappa shape index (κ2) is 8.23. The van der Waals surface area contributed by atoms with E-state index in [1.54, 1.807) is 11.8 Å². The average Bonchev–Trinajstić information content (AvgIpc) is 2.96. The number of thioether (sulfide) groups is 1. The summed E-state index contributed by atoms with van der Waals surface area (Å²) in [5.74, 6) is 1.03. The Balaban J connectivity index is 1.51. The zero-order valence-electron chi connectivity index (χ0n) is 11.2. The predicted octanol–water partition coefficient (Wildman–Crippen LogP) is 2.43. The van der Waals surface area contributed by atoms with Crippen molar-refractivity contribution < 1.29 is 4.79 Å². The van der Waals surface area contributed by atoms with Gasteiger partial charge in [-0.1, -0.05) is 31.0 Å². The molecule has 0 aromatic heterocycles. The van der Waals surface area contributed by atoms with Gasteiger partial charge in [0.2, 0.25) is 5.91 Å². The molecule has 0 radical (unpaired) electrons. The van der Waals surface area contributed by atoms with E-state index in [0.717, 1.165) is 12.3 Å². The molecule has 1 saturated carbocycles. The molecule has 4 heteroatoms. The van der Waals surface area contributed by atoms with Crippen molar-refractivity contribution in [2.24, 2.45) is 0 Å². The van der Waals surface area contributed by atoms with E-state index < -0.39 is 0 Å². The average molecular weight is 278 g/mol. The Bertz CT molecular complexity index is 377. The third-order valence-electron chi connectivity index (χ3n) is 3.34. The summed E-state index contributed by atoms with van der Waals surface area (Å²) >= 11 is 1.77. The van der Waals surface area contributed by atoms with Crippen LogP contribution in [-0.2, 0) is 4.79 Å². The van der Waals surface area contributed by atoms with Crippen molar-refractivity contribution in [2.75, 3.05) is 18.8 Å². The standard InChI is InChI=1S/C15H22N2OS/c18-15(12-17-13-6-4-5-7-13)16-10-11-19-14-8-2-1-3-9-14/h1-3,8-9,13,17H,4-7,10-12H2,(H,16,18). The van der Waals surface area contributed by atoms with Gasteiger partial charge < -0.3 is 10.6 Å². The normalized spacial score (nSPS) is 15.6. The lowest BCUT2D eigenvalue weighted by Gasteiger charge is -2.11. The maximum Gasteiger partial charge on any atom is 0.233 e. The fourth-order valence-corrected chi connectivity index (χ4v) is 3.09. The molecule has 0 bridgehead atoms. The van der Waals surface area contributed by atoms with Crippen molar-refractivity contribution in [3.8, 4) is 0 Å². The van der Waals surface area contributed by atoms with E-state index in [4.69, 9.17) is 0 Å². The van der Waals surface area contributed by atoms with Gasteiger partial charge in [-0.2, -0.15) is 0 Å².